The molecule has 2 N–H and O–H groups in total. The fourth-order valence-corrected chi connectivity index (χ4v) is 2.55. The van der Waals surface area contributed by atoms with E-state index in [-0.39, 0.29) is 12.0 Å². The number of rotatable bonds is 2. The first-order chi connectivity index (χ1) is 9.50. The summed E-state index contributed by atoms with van der Waals surface area (Å²) in [6.45, 7) is 8.32. The van der Waals surface area contributed by atoms with Crippen LogP contribution in [-0.2, 0) is 0 Å². The Morgan fingerprint density at radius 2 is 1.85 bits per heavy atom. The van der Waals surface area contributed by atoms with Crippen LogP contribution in [0.25, 0.3) is 0 Å². The van der Waals surface area contributed by atoms with Crippen LogP contribution in [0, 0.1) is 0 Å². The highest BCUT2D eigenvalue weighted by atomic mass is 16.6. The van der Waals surface area contributed by atoms with Gasteiger partial charge in [0.25, 0.3) is 5.89 Å². The maximum Gasteiger partial charge on any atom is 0.391 e. The lowest BCUT2D eigenvalue weighted by atomic mass is 10.2. The van der Waals surface area contributed by atoms with E-state index < -0.39 is 0 Å². The Hall–Kier alpha value is -2.17. The van der Waals surface area contributed by atoms with Gasteiger partial charge in [0.2, 0.25) is 0 Å². The van der Waals surface area contributed by atoms with Crippen molar-refractivity contribution < 1.29 is 13.8 Å². The number of nitrogen functional groups attached to an aromatic ring is 1. The van der Waals surface area contributed by atoms with Gasteiger partial charge in [0.05, 0.1) is 12.0 Å². The van der Waals surface area contributed by atoms with Crippen molar-refractivity contribution in [3.8, 4) is 11.7 Å². The van der Waals surface area contributed by atoms with E-state index in [1.807, 2.05) is 38.1 Å². The number of para-hydroxylation sites is 2. The van der Waals surface area contributed by atoms with E-state index in [1.165, 1.54) is 0 Å². The van der Waals surface area contributed by atoms with Crippen molar-refractivity contribution in [2.24, 2.45) is 0 Å². The van der Waals surface area contributed by atoms with E-state index in [1.54, 1.807) is 4.68 Å². The van der Waals surface area contributed by atoms with Crippen LogP contribution in [0.1, 0.15) is 39.5 Å². The summed E-state index contributed by atoms with van der Waals surface area (Å²) < 4.78 is 13.3. The Bertz CT molecular complexity index is 647. The first kappa shape index (κ1) is 12.8. The number of oxazole rings is 1. The number of nitrogens with two attached hydrogens (primary N) is 1. The number of nitrogens with zero attached hydrogens (tertiary/aromatic N) is 2. The first-order valence-electron chi connectivity index (χ1n) is 6.90. The molecule has 0 radical (unpaired) electrons. The largest absolute Gasteiger partial charge is 0.415 e. The number of hydrogen-bond acceptors (Lipinski definition) is 4. The molecule has 5 heteroatoms. The summed E-state index contributed by atoms with van der Waals surface area (Å²) in [5, 5.41) is 0. The normalized spacial score (nSPS) is 13.4. The van der Waals surface area contributed by atoms with Crippen LogP contribution in [0.4, 0.5) is 11.5 Å². The fraction of sp³-hybridized carbons (Fsp3) is 0.400. The molecule has 1 aliphatic rings. The zero-order valence-electron chi connectivity index (χ0n) is 12.3. The zero-order chi connectivity index (χ0) is 14.4. The molecule has 0 saturated carbocycles. The lowest BCUT2D eigenvalue weighted by Crippen LogP contribution is -2.52. The molecule has 0 spiro atoms. The number of benzene rings is 1. The highest BCUT2D eigenvalue weighted by Crippen LogP contribution is 2.46. The molecule has 0 atom stereocenters. The lowest BCUT2D eigenvalue weighted by molar-refractivity contribution is -0.640. The van der Waals surface area contributed by atoms with E-state index in [0.717, 1.165) is 17.3 Å². The Morgan fingerprint density at radius 1 is 1.15 bits per heavy atom. The second kappa shape index (κ2) is 4.44. The van der Waals surface area contributed by atoms with Crippen molar-refractivity contribution in [1.29, 1.82) is 0 Å². The minimum atomic E-state index is 0.186. The molecule has 2 aromatic rings. The molecular formula is C15H20N3O2+. The number of anilines is 2. The summed E-state index contributed by atoms with van der Waals surface area (Å²) >= 11 is 0. The average molecular weight is 274 g/mol. The molecule has 106 valence electrons. The van der Waals surface area contributed by atoms with Gasteiger partial charge in [0.1, 0.15) is 0 Å². The minimum Gasteiger partial charge on any atom is -0.415 e. The third-order valence-electron chi connectivity index (χ3n) is 3.41. The van der Waals surface area contributed by atoms with Crippen molar-refractivity contribution in [3.05, 3.63) is 30.2 Å². The number of fused-ring (bicyclic) bond motifs is 2. The molecule has 3 rings (SSSR count). The Balaban J connectivity index is 2.22. The van der Waals surface area contributed by atoms with Crippen LogP contribution in [0.15, 0.2) is 28.7 Å². The Morgan fingerprint density at radius 3 is 2.50 bits per heavy atom. The molecule has 0 bridgehead atoms. The van der Waals surface area contributed by atoms with Gasteiger partial charge in [-0.15, -0.1) is 0 Å². The summed E-state index contributed by atoms with van der Waals surface area (Å²) in [6, 6.07) is 8.15. The first-order valence-corrected chi connectivity index (χ1v) is 6.90. The van der Waals surface area contributed by atoms with Gasteiger partial charge in [-0.05, 0) is 26.0 Å². The van der Waals surface area contributed by atoms with E-state index in [0.29, 0.717) is 11.8 Å². The molecule has 5 nitrogen and oxygen atoms in total. The van der Waals surface area contributed by atoms with Crippen LogP contribution in [0.5, 0.6) is 11.7 Å². The zero-order valence-corrected chi connectivity index (χ0v) is 12.3. The van der Waals surface area contributed by atoms with Gasteiger partial charge in [-0.25, -0.2) is 4.90 Å². The molecule has 1 aromatic carbocycles. The van der Waals surface area contributed by atoms with Gasteiger partial charge in [0.15, 0.2) is 11.4 Å². The molecule has 2 heterocycles. The highest BCUT2D eigenvalue weighted by Gasteiger charge is 2.42. The third-order valence-corrected chi connectivity index (χ3v) is 3.41. The van der Waals surface area contributed by atoms with Gasteiger partial charge in [0, 0.05) is 0 Å². The standard InChI is InChI=1S/C15H20N3O2/c1-9(2)14-18(16)13-15(20-14)19-12-8-6-5-7-11(12)17(13)10(3)4/h5-10H,16H2,1-4H3/q+1. The van der Waals surface area contributed by atoms with Gasteiger partial charge in [-0.2, -0.15) is 0 Å². The van der Waals surface area contributed by atoms with E-state index >= 15 is 0 Å². The van der Waals surface area contributed by atoms with E-state index in [9.17, 15) is 0 Å². The maximum atomic E-state index is 6.21. The van der Waals surface area contributed by atoms with Crippen LogP contribution in [0.3, 0.4) is 0 Å². The summed E-state index contributed by atoms with van der Waals surface area (Å²) in [6.07, 6.45) is 0. The van der Waals surface area contributed by atoms with Gasteiger partial charge < -0.3 is 9.15 Å². The van der Waals surface area contributed by atoms with Crippen molar-refractivity contribution >= 4 is 11.5 Å². The predicted molar refractivity (Wildman–Crippen MR) is 76.9 cm³/mol. The predicted octanol–water partition coefficient (Wildman–Crippen LogP) is 3.06. The molecule has 20 heavy (non-hydrogen) atoms. The molecule has 0 amide bonds. The molecule has 0 saturated heterocycles. The van der Waals surface area contributed by atoms with Crippen LogP contribution in [0.2, 0.25) is 0 Å². The highest BCUT2D eigenvalue weighted by molar-refractivity contribution is 5.72. The molecule has 1 aliphatic heterocycles. The Labute approximate surface area is 118 Å². The minimum absolute atomic E-state index is 0.186. The van der Waals surface area contributed by atoms with Gasteiger partial charge in [-0.1, -0.05) is 30.7 Å². The summed E-state index contributed by atoms with van der Waals surface area (Å²) in [5.41, 5.74) is 1.00. The smallest absolute Gasteiger partial charge is 0.391 e. The number of hydrogen-bond donors (Lipinski definition) is 1. The van der Waals surface area contributed by atoms with Gasteiger partial charge >= 0.3 is 11.8 Å². The van der Waals surface area contributed by atoms with Crippen LogP contribution in [-0.4, -0.2) is 6.04 Å². The molecule has 0 fully saturated rings. The van der Waals surface area contributed by atoms with Crippen molar-refractivity contribution in [2.75, 3.05) is 10.7 Å². The third kappa shape index (κ3) is 1.73. The summed E-state index contributed by atoms with van der Waals surface area (Å²) in [4.78, 5) is 2.14. The molecule has 0 aliphatic carbocycles. The Kier molecular flexibility index (Phi) is 2.85. The molecular weight excluding hydrogens is 254 g/mol. The second-order valence-electron chi connectivity index (χ2n) is 5.61. The van der Waals surface area contributed by atoms with Crippen molar-refractivity contribution in [1.82, 2.24) is 0 Å². The van der Waals surface area contributed by atoms with Crippen LogP contribution >= 0.6 is 0 Å². The fourth-order valence-electron chi connectivity index (χ4n) is 2.55. The number of aromatic nitrogens is 1. The topological polar surface area (TPSA) is 55.5 Å². The van der Waals surface area contributed by atoms with Gasteiger partial charge in [-0.3, -0.25) is 5.84 Å². The molecule has 1 aromatic heterocycles. The monoisotopic (exact) mass is 274 g/mol. The van der Waals surface area contributed by atoms with E-state index in [4.69, 9.17) is 15.0 Å². The lowest BCUT2D eigenvalue weighted by Gasteiger charge is -2.25. The second-order valence-corrected chi connectivity index (χ2v) is 5.61. The quantitative estimate of drug-likeness (QED) is 0.675. The van der Waals surface area contributed by atoms with E-state index in [2.05, 4.69) is 18.7 Å². The molecule has 0 unspecified atom stereocenters. The number of ether oxygens (including phenoxy) is 1. The average Bonchev–Trinajstić information content (AvgIpc) is 2.73. The maximum absolute atomic E-state index is 6.21. The van der Waals surface area contributed by atoms with Crippen molar-refractivity contribution in [3.63, 3.8) is 0 Å². The summed E-state index contributed by atoms with van der Waals surface area (Å²) in [5.74, 6) is 9.12. The SMILES string of the molecule is CC(C)c1oc2c([n+]1N)N(C(C)C)c1ccccc1O2. The van der Waals surface area contributed by atoms with Crippen LogP contribution < -0.4 is 20.2 Å². The summed E-state index contributed by atoms with van der Waals surface area (Å²) in [7, 11) is 0. The van der Waals surface area contributed by atoms with Crippen molar-refractivity contribution in [2.45, 2.75) is 39.7 Å².